The van der Waals surface area contributed by atoms with Crippen LogP contribution < -0.4 is 5.11 Å². The molecule has 0 atom stereocenters. The molecule has 1 aliphatic carbocycles. The maximum Gasteiger partial charge on any atom is 0.415 e. The third-order valence-corrected chi connectivity index (χ3v) is 4.28. The van der Waals surface area contributed by atoms with Crippen molar-refractivity contribution < 1.29 is 19.4 Å². The molecule has 0 aromatic heterocycles. The quantitative estimate of drug-likeness (QED) is 0.697. The second kappa shape index (κ2) is 6.29. The number of hydrogen-bond acceptors (Lipinski definition) is 4. The zero-order valence-electron chi connectivity index (χ0n) is 11.9. The van der Waals surface area contributed by atoms with Gasteiger partial charge in [0.15, 0.2) is 5.60 Å². The van der Waals surface area contributed by atoms with Crippen LogP contribution in [-0.2, 0) is 9.53 Å². The maximum absolute atomic E-state index is 12.0. The summed E-state index contributed by atoms with van der Waals surface area (Å²) in [6.45, 7) is 4.63. The van der Waals surface area contributed by atoms with Crippen LogP contribution in [0.15, 0.2) is 12.3 Å². The fraction of sp³-hybridized carbons (Fsp3) is 0.733. The lowest BCUT2D eigenvalue weighted by Crippen LogP contribution is -2.34. The Kier molecular flexibility index (Phi) is 4.68. The van der Waals surface area contributed by atoms with E-state index in [1.54, 1.807) is 4.90 Å². The average Bonchev–Trinajstić information content (AvgIpc) is 2.63. The number of carbonyl (C=O) groups excluding carboxylic acids is 2. The molecule has 2 rings (SSSR count). The second-order valence-electron chi connectivity index (χ2n) is 5.70. The second-order valence-corrected chi connectivity index (χ2v) is 5.70. The Morgan fingerprint density at radius 1 is 1.25 bits per heavy atom. The van der Waals surface area contributed by atoms with Crippen LogP contribution >= 0.6 is 0 Å². The Morgan fingerprint density at radius 2 is 1.95 bits per heavy atom. The number of nitrogens with zero attached hydrogens (tertiary/aromatic N) is 1. The monoisotopic (exact) mass is 280 g/mol. The molecule has 0 aromatic rings. The largest absolute Gasteiger partial charge is 0.550 e. The van der Waals surface area contributed by atoms with E-state index in [1.165, 1.54) is 6.42 Å². The summed E-state index contributed by atoms with van der Waals surface area (Å²) >= 11 is 0. The third kappa shape index (κ3) is 3.14. The summed E-state index contributed by atoms with van der Waals surface area (Å²) in [5.41, 5.74) is 0.336. The predicted molar refractivity (Wildman–Crippen MR) is 71.6 cm³/mol. The summed E-state index contributed by atoms with van der Waals surface area (Å²) in [6, 6.07) is 0. The van der Waals surface area contributed by atoms with Gasteiger partial charge in [0, 0.05) is 12.5 Å². The van der Waals surface area contributed by atoms with E-state index in [4.69, 9.17) is 4.74 Å². The zero-order chi connectivity index (χ0) is 14.6. The van der Waals surface area contributed by atoms with E-state index >= 15 is 0 Å². The molecule has 0 N–H and O–H groups in total. The van der Waals surface area contributed by atoms with Gasteiger partial charge in [-0.1, -0.05) is 19.4 Å². The Bertz CT molecular complexity index is 399. The van der Waals surface area contributed by atoms with Crippen molar-refractivity contribution in [3.8, 4) is 0 Å². The average molecular weight is 280 g/mol. The highest BCUT2D eigenvalue weighted by Crippen LogP contribution is 2.43. The van der Waals surface area contributed by atoms with Gasteiger partial charge >= 0.3 is 6.09 Å². The van der Waals surface area contributed by atoms with Crippen molar-refractivity contribution in [1.29, 1.82) is 0 Å². The molecule has 0 unspecified atom stereocenters. The number of carboxylic acids is 1. The first-order valence-electron chi connectivity index (χ1n) is 7.45. The highest BCUT2D eigenvalue weighted by molar-refractivity contribution is 5.74. The number of amides is 1. The van der Waals surface area contributed by atoms with Gasteiger partial charge in [-0.05, 0) is 44.9 Å². The molecule has 2 aliphatic rings. The molecule has 1 spiro atoms. The van der Waals surface area contributed by atoms with Gasteiger partial charge in [-0.15, -0.1) is 0 Å². The maximum atomic E-state index is 12.0. The number of rotatable bonds is 6. The summed E-state index contributed by atoms with van der Waals surface area (Å²) in [6.07, 6.45) is 6.98. The molecule has 0 radical (unpaired) electrons. The van der Waals surface area contributed by atoms with Gasteiger partial charge in [-0.3, -0.25) is 4.90 Å². The number of aliphatic carboxylic acids is 1. The van der Waals surface area contributed by atoms with Crippen LogP contribution in [0.3, 0.4) is 0 Å². The molecule has 20 heavy (non-hydrogen) atoms. The minimum atomic E-state index is -1.02. The zero-order valence-corrected chi connectivity index (χ0v) is 11.9. The van der Waals surface area contributed by atoms with E-state index in [1.807, 2.05) is 0 Å². The van der Waals surface area contributed by atoms with E-state index in [0.717, 1.165) is 44.2 Å². The van der Waals surface area contributed by atoms with E-state index in [0.29, 0.717) is 13.0 Å². The molecule has 1 heterocycles. The number of hydrogen-bond donors (Lipinski definition) is 0. The predicted octanol–water partition coefficient (Wildman–Crippen LogP) is 1.97. The molecule has 2 fully saturated rings. The van der Waals surface area contributed by atoms with Crippen LogP contribution in [0.4, 0.5) is 4.79 Å². The van der Waals surface area contributed by atoms with Gasteiger partial charge in [0.1, 0.15) is 0 Å². The Morgan fingerprint density at radius 3 is 2.60 bits per heavy atom. The van der Waals surface area contributed by atoms with Gasteiger partial charge in [-0.25, -0.2) is 4.79 Å². The molecule has 1 saturated carbocycles. The molecule has 112 valence electrons. The third-order valence-electron chi connectivity index (χ3n) is 4.28. The molecule has 1 saturated heterocycles. The standard InChI is InChI=1S/C15H23NO4/c1-12-15(9-5-3-6-10-15)20-14(19)16(12)11-7-2-4-8-13(17)18/h1-11H2,(H,17,18)/p-1. The molecular formula is C15H22NO4-. The summed E-state index contributed by atoms with van der Waals surface area (Å²) in [5.74, 6) is -1.02. The van der Waals surface area contributed by atoms with Gasteiger partial charge in [0.25, 0.3) is 0 Å². The number of carboxylic acid groups (broad SMARTS) is 1. The van der Waals surface area contributed by atoms with Crippen molar-refractivity contribution in [3.05, 3.63) is 12.3 Å². The lowest BCUT2D eigenvalue weighted by Gasteiger charge is -2.32. The SMILES string of the molecule is C=C1N(CCCCCC(=O)[O-])C(=O)OC12CCCCC2. The van der Waals surface area contributed by atoms with Gasteiger partial charge in [-0.2, -0.15) is 0 Å². The van der Waals surface area contributed by atoms with Crippen molar-refractivity contribution in [2.75, 3.05) is 6.54 Å². The van der Waals surface area contributed by atoms with Crippen LogP contribution in [-0.4, -0.2) is 29.1 Å². The molecule has 1 aliphatic heterocycles. The van der Waals surface area contributed by atoms with E-state index < -0.39 is 11.6 Å². The smallest absolute Gasteiger partial charge is 0.415 e. The lowest BCUT2D eigenvalue weighted by atomic mass is 9.83. The van der Waals surface area contributed by atoms with Gasteiger partial charge in [0.2, 0.25) is 0 Å². The van der Waals surface area contributed by atoms with Crippen molar-refractivity contribution in [3.63, 3.8) is 0 Å². The topological polar surface area (TPSA) is 69.7 Å². The van der Waals surface area contributed by atoms with Crippen LogP contribution in [0.2, 0.25) is 0 Å². The summed E-state index contributed by atoms with van der Waals surface area (Å²) in [4.78, 5) is 23.9. The van der Waals surface area contributed by atoms with Crippen molar-refractivity contribution in [2.45, 2.75) is 63.4 Å². The fourth-order valence-electron chi connectivity index (χ4n) is 3.09. The minimum Gasteiger partial charge on any atom is -0.550 e. The van der Waals surface area contributed by atoms with Crippen LogP contribution in [0, 0.1) is 0 Å². The highest BCUT2D eigenvalue weighted by atomic mass is 16.6. The van der Waals surface area contributed by atoms with E-state index in [-0.39, 0.29) is 12.5 Å². The highest BCUT2D eigenvalue weighted by Gasteiger charge is 2.48. The molecule has 0 aromatic carbocycles. The Balaban J connectivity index is 1.81. The molecular weight excluding hydrogens is 258 g/mol. The Labute approximate surface area is 119 Å². The van der Waals surface area contributed by atoms with E-state index in [2.05, 4.69) is 6.58 Å². The Hall–Kier alpha value is -1.52. The minimum absolute atomic E-state index is 0.0787. The molecule has 1 amide bonds. The summed E-state index contributed by atoms with van der Waals surface area (Å²) in [7, 11) is 0. The van der Waals surface area contributed by atoms with Crippen molar-refractivity contribution >= 4 is 12.1 Å². The first-order chi connectivity index (χ1) is 9.55. The number of carbonyl (C=O) groups is 2. The van der Waals surface area contributed by atoms with Crippen LogP contribution in [0.1, 0.15) is 57.8 Å². The number of ether oxygens (including phenoxy) is 1. The van der Waals surface area contributed by atoms with Crippen molar-refractivity contribution in [2.24, 2.45) is 0 Å². The molecule has 5 heteroatoms. The lowest BCUT2D eigenvalue weighted by molar-refractivity contribution is -0.305. The first kappa shape index (κ1) is 14.9. The van der Waals surface area contributed by atoms with Crippen molar-refractivity contribution in [1.82, 2.24) is 4.90 Å². The van der Waals surface area contributed by atoms with E-state index in [9.17, 15) is 14.7 Å². The van der Waals surface area contributed by atoms with Gasteiger partial charge in [0.05, 0.1) is 5.70 Å². The number of unbranched alkanes of at least 4 members (excludes halogenated alkanes) is 2. The normalized spacial score (nSPS) is 21.3. The van der Waals surface area contributed by atoms with Crippen LogP contribution in [0.5, 0.6) is 0 Å². The van der Waals surface area contributed by atoms with Gasteiger partial charge < -0.3 is 14.6 Å². The first-order valence-corrected chi connectivity index (χ1v) is 7.45. The fourth-order valence-corrected chi connectivity index (χ4v) is 3.09. The summed E-state index contributed by atoms with van der Waals surface area (Å²) < 4.78 is 5.59. The molecule has 5 nitrogen and oxygen atoms in total. The summed E-state index contributed by atoms with van der Waals surface area (Å²) in [5, 5.41) is 10.3. The molecule has 0 bridgehead atoms. The van der Waals surface area contributed by atoms with Crippen LogP contribution in [0.25, 0.3) is 0 Å².